The van der Waals surface area contributed by atoms with Gasteiger partial charge in [-0.05, 0) is 37.1 Å². The number of unbranched alkanes of at least 4 members (excludes halogenated alkanes) is 2. The third kappa shape index (κ3) is 10.3. The summed E-state index contributed by atoms with van der Waals surface area (Å²) in [6.45, 7) is 3.49. The minimum Gasteiger partial charge on any atom is -0.490 e. The summed E-state index contributed by atoms with van der Waals surface area (Å²) in [5.41, 5.74) is 0.754. The lowest BCUT2D eigenvalue weighted by molar-refractivity contribution is -0.119. The second-order valence-electron chi connectivity index (χ2n) is 6.94. The fraction of sp³-hybridized carbons (Fsp3) is 0.571. The number of carbonyl (C=O) groups is 3. The first-order chi connectivity index (χ1) is 14.0. The van der Waals surface area contributed by atoms with E-state index in [2.05, 4.69) is 10.6 Å². The highest BCUT2D eigenvalue weighted by Gasteiger charge is 2.15. The molecule has 0 aromatic heterocycles. The van der Waals surface area contributed by atoms with Crippen molar-refractivity contribution in [2.75, 3.05) is 30.8 Å². The van der Waals surface area contributed by atoms with Crippen molar-refractivity contribution in [3.8, 4) is 5.75 Å². The maximum Gasteiger partial charge on any atom is 0.230 e. The van der Waals surface area contributed by atoms with Gasteiger partial charge in [-0.3, -0.25) is 14.4 Å². The standard InChI is InChI=1S/C21H30N2O5S/c1-16(24)29-15-21(26)22-12-4-2-3-5-20(25)23-17-6-8-18(9-7-17)28-19-10-13-27-14-11-19/h6-9,19H,2-5,10-15H2,1H3,(H,22,26)(H,23,25). The van der Waals surface area contributed by atoms with Crippen molar-refractivity contribution < 1.29 is 23.9 Å². The van der Waals surface area contributed by atoms with E-state index < -0.39 is 0 Å². The monoisotopic (exact) mass is 422 g/mol. The highest BCUT2D eigenvalue weighted by molar-refractivity contribution is 8.14. The van der Waals surface area contributed by atoms with E-state index in [0.717, 1.165) is 68.5 Å². The average Bonchev–Trinajstić information content (AvgIpc) is 2.71. The van der Waals surface area contributed by atoms with E-state index in [4.69, 9.17) is 9.47 Å². The van der Waals surface area contributed by atoms with Crippen LogP contribution in [0, 0.1) is 0 Å². The van der Waals surface area contributed by atoms with E-state index in [1.54, 1.807) is 0 Å². The van der Waals surface area contributed by atoms with Gasteiger partial charge in [0.2, 0.25) is 11.8 Å². The molecule has 1 aromatic rings. The number of amides is 2. The SMILES string of the molecule is CC(=O)SCC(=O)NCCCCCC(=O)Nc1ccc(OC2CCOCC2)cc1. The van der Waals surface area contributed by atoms with Crippen LogP contribution < -0.4 is 15.4 Å². The summed E-state index contributed by atoms with van der Waals surface area (Å²) in [6, 6.07) is 7.44. The number of hydrogen-bond acceptors (Lipinski definition) is 6. The molecular weight excluding hydrogens is 392 g/mol. The molecule has 8 heteroatoms. The molecule has 2 amide bonds. The highest BCUT2D eigenvalue weighted by Crippen LogP contribution is 2.20. The number of hydrogen-bond donors (Lipinski definition) is 2. The predicted molar refractivity (Wildman–Crippen MR) is 114 cm³/mol. The van der Waals surface area contributed by atoms with Crippen LogP contribution in [0.15, 0.2) is 24.3 Å². The molecule has 1 aromatic carbocycles. The number of thioether (sulfide) groups is 1. The summed E-state index contributed by atoms with van der Waals surface area (Å²) in [7, 11) is 0. The van der Waals surface area contributed by atoms with Crippen molar-refractivity contribution >= 4 is 34.4 Å². The zero-order valence-electron chi connectivity index (χ0n) is 16.9. The van der Waals surface area contributed by atoms with E-state index in [1.165, 1.54) is 6.92 Å². The normalized spacial score (nSPS) is 14.2. The van der Waals surface area contributed by atoms with Gasteiger partial charge in [-0.15, -0.1) is 0 Å². The summed E-state index contributed by atoms with van der Waals surface area (Å²) in [6.07, 6.45) is 4.86. The Hall–Kier alpha value is -2.06. The first-order valence-electron chi connectivity index (χ1n) is 10.1. The minimum atomic E-state index is -0.132. The number of benzene rings is 1. The maximum absolute atomic E-state index is 12.0. The second kappa shape index (κ2) is 13.2. The largest absolute Gasteiger partial charge is 0.490 e. The maximum atomic E-state index is 12.0. The third-order valence-corrected chi connectivity index (χ3v) is 5.23. The first kappa shape index (κ1) is 23.2. The Balaban J connectivity index is 1.54. The Morgan fingerprint density at radius 2 is 1.79 bits per heavy atom. The molecule has 1 fully saturated rings. The van der Waals surface area contributed by atoms with Crippen LogP contribution in [0.1, 0.15) is 45.4 Å². The van der Waals surface area contributed by atoms with Crippen LogP contribution >= 0.6 is 11.8 Å². The van der Waals surface area contributed by atoms with Crippen LogP contribution in [0.3, 0.4) is 0 Å². The van der Waals surface area contributed by atoms with E-state index in [1.807, 2.05) is 24.3 Å². The Morgan fingerprint density at radius 3 is 2.48 bits per heavy atom. The predicted octanol–water partition coefficient (Wildman–Crippen LogP) is 3.14. The molecule has 7 nitrogen and oxygen atoms in total. The minimum absolute atomic E-state index is 0.0232. The molecule has 2 N–H and O–H groups in total. The highest BCUT2D eigenvalue weighted by atomic mass is 32.2. The van der Waals surface area contributed by atoms with Crippen LogP contribution in [-0.2, 0) is 19.1 Å². The molecule has 1 heterocycles. The van der Waals surface area contributed by atoms with Gasteiger partial charge in [0, 0.05) is 38.4 Å². The van der Waals surface area contributed by atoms with Crippen molar-refractivity contribution in [1.29, 1.82) is 0 Å². The summed E-state index contributed by atoms with van der Waals surface area (Å²) in [4.78, 5) is 34.3. The van der Waals surface area contributed by atoms with Crippen molar-refractivity contribution in [3.63, 3.8) is 0 Å². The van der Waals surface area contributed by atoms with E-state index in [-0.39, 0.29) is 28.8 Å². The quantitative estimate of drug-likeness (QED) is 0.532. The summed E-state index contributed by atoms with van der Waals surface area (Å²) < 4.78 is 11.2. The lowest BCUT2D eigenvalue weighted by atomic mass is 10.1. The van der Waals surface area contributed by atoms with Crippen LogP contribution in [0.2, 0.25) is 0 Å². The van der Waals surface area contributed by atoms with Crippen LogP contribution in [-0.4, -0.2) is 48.5 Å². The lowest BCUT2D eigenvalue weighted by Gasteiger charge is -2.23. The summed E-state index contributed by atoms with van der Waals surface area (Å²) in [5.74, 6) is 0.812. The number of rotatable bonds is 11. The molecule has 1 aliphatic rings. The van der Waals surface area contributed by atoms with E-state index >= 15 is 0 Å². The Bertz CT molecular complexity index is 660. The lowest BCUT2D eigenvalue weighted by Crippen LogP contribution is -2.26. The van der Waals surface area contributed by atoms with Gasteiger partial charge in [-0.2, -0.15) is 0 Å². The fourth-order valence-corrected chi connectivity index (χ4v) is 3.30. The molecule has 1 aliphatic heterocycles. The number of anilines is 1. The smallest absolute Gasteiger partial charge is 0.230 e. The van der Waals surface area contributed by atoms with Gasteiger partial charge < -0.3 is 20.1 Å². The third-order valence-electron chi connectivity index (χ3n) is 4.42. The van der Waals surface area contributed by atoms with Gasteiger partial charge in [0.15, 0.2) is 5.12 Å². The number of ether oxygens (including phenoxy) is 2. The molecule has 0 aliphatic carbocycles. The van der Waals surface area contributed by atoms with Gasteiger partial charge in [-0.1, -0.05) is 18.2 Å². The van der Waals surface area contributed by atoms with Crippen LogP contribution in [0.4, 0.5) is 5.69 Å². The van der Waals surface area contributed by atoms with Gasteiger partial charge in [-0.25, -0.2) is 0 Å². The number of nitrogens with one attached hydrogen (secondary N) is 2. The fourth-order valence-electron chi connectivity index (χ4n) is 2.86. The molecule has 29 heavy (non-hydrogen) atoms. The molecule has 1 saturated heterocycles. The zero-order chi connectivity index (χ0) is 20.9. The molecule has 0 atom stereocenters. The van der Waals surface area contributed by atoms with Gasteiger partial charge in [0.1, 0.15) is 11.9 Å². The zero-order valence-corrected chi connectivity index (χ0v) is 17.7. The molecule has 0 saturated carbocycles. The molecule has 0 bridgehead atoms. The molecule has 2 rings (SSSR count). The van der Waals surface area contributed by atoms with Crippen LogP contribution in [0.25, 0.3) is 0 Å². The molecule has 160 valence electrons. The van der Waals surface area contributed by atoms with Crippen LogP contribution in [0.5, 0.6) is 5.75 Å². The number of carbonyl (C=O) groups excluding carboxylic acids is 3. The average molecular weight is 423 g/mol. The second-order valence-corrected chi connectivity index (χ2v) is 8.10. The van der Waals surface area contributed by atoms with Crippen molar-refractivity contribution in [1.82, 2.24) is 5.32 Å². The van der Waals surface area contributed by atoms with Crippen molar-refractivity contribution in [2.45, 2.75) is 51.6 Å². The topological polar surface area (TPSA) is 93.7 Å². The Kier molecular flexibility index (Phi) is 10.6. The van der Waals surface area contributed by atoms with Gasteiger partial charge in [0.05, 0.1) is 19.0 Å². The van der Waals surface area contributed by atoms with Gasteiger partial charge >= 0.3 is 0 Å². The first-order valence-corrected chi connectivity index (χ1v) is 11.1. The summed E-state index contributed by atoms with van der Waals surface area (Å²) >= 11 is 1.01. The summed E-state index contributed by atoms with van der Waals surface area (Å²) in [5, 5.41) is 5.60. The van der Waals surface area contributed by atoms with E-state index in [0.29, 0.717) is 13.0 Å². The van der Waals surface area contributed by atoms with Gasteiger partial charge in [0.25, 0.3) is 0 Å². The Morgan fingerprint density at radius 1 is 1.07 bits per heavy atom. The molecule has 0 spiro atoms. The van der Waals surface area contributed by atoms with Crippen molar-refractivity contribution in [3.05, 3.63) is 24.3 Å². The molecular formula is C21H30N2O5S. The van der Waals surface area contributed by atoms with Crippen molar-refractivity contribution in [2.24, 2.45) is 0 Å². The Labute approximate surface area is 176 Å². The molecule has 0 radical (unpaired) electrons. The molecule has 0 unspecified atom stereocenters. The van der Waals surface area contributed by atoms with E-state index in [9.17, 15) is 14.4 Å².